The van der Waals surface area contributed by atoms with Crippen molar-refractivity contribution in [3.63, 3.8) is 0 Å². The normalized spacial score (nSPS) is 12.9. The van der Waals surface area contributed by atoms with Gasteiger partial charge in [0.15, 0.2) is 0 Å². The maximum absolute atomic E-state index is 13.2. The molecule has 0 spiro atoms. The smallest absolute Gasteiger partial charge is 0.242 e. The fourth-order valence-electron chi connectivity index (χ4n) is 1.48. The Balaban J connectivity index is 2.68. The highest BCUT2D eigenvalue weighted by molar-refractivity contribution is 6.30. The molecule has 1 unspecified atom stereocenters. The van der Waals surface area contributed by atoms with Crippen LogP contribution in [0.1, 0.15) is 34.1 Å². The van der Waals surface area contributed by atoms with Gasteiger partial charge in [-0.15, -0.1) is 0 Å². The van der Waals surface area contributed by atoms with E-state index in [4.69, 9.17) is 11.6 Å². The molecule has 1 aromatic carbocycles. The summed E-state index contributed by atoms with van der Waals surface area (Å²) < 4.78 is 13.2. The van der Waals surface area contributed by atoms with E-state index in [2.05, 4.69) is 10.6 Å². The number of halogens is 2. The zero-order valence-electron chi connectivity index (χ0n) is 11.7. The minimum absolute atomic E-state index is 0.132. The van der Waals surface area contributed by atoms with Gasteiger partial charge in [-0.2, -0.15) is 0 Å². The number of amides is 1. The third-order valence-electron chi connectivity index (χ3n) is 2.98. The van der Waals surface area contributed by atoms with E-state index in [1.807, 2.05) is 20.8 Å². The van der Waals surface area contributed by atoms with Crippen LogP contribution in [0.15, 0.2) is 18.2 Å². The van der Waals surface area contributed by atoms with Crippen LogP contribution in [0.25, 0.3) is 0 Å². The minimum Gasteiger partial charge on any atom is -0.374 e. The van der Waals surface area contributed by atoms with E-state index in [1.165, 1.54) is 12.1 Å². The lowest BCUT2D eigenvalue weighted by molar-refractivity contribution is -0.123. The van der Waals surface area contributed by atoms with Gasteiger partial charge in [0.05, 0.1) is 0 Å². The molecule has 0 aliphatic rings. The van der Waals surface area contributed by atoms with Crippen molar-refractivity contribution in [1.82, 2.24) is 5.32 Å². The Morgan fingerprint density at radius 3 is 2.58 bits per heavy atom. The van der Waals surface area contributed by atoms with Crippen molar-refractivity contribution in [2.75, 3.05) is 5.32 Å². The Kier molecular flexibility index (Phi) is 5.18. The van der Waals surface area contributed by atoms with E-state index < -0.39 is 11.9 Å². The second-order valence-corrected chi connectivity index (χ2v) is 5.69. The maximum atomic E-state index is 13.2. The molecule has 0 aromatic heterocycles. The average molecular weight is 287 g/mol. The van der Waals surface area contributed by atoms with Crippen LogP contribution in [-0.4, -0.2) is 17.5 Å². The molecule has 1 rings (SSSR count). The van der Waals surface area contributed by atoms with Crippen LogP contribution < -0.4 is 10.6 Å². The largest absolute Gasteiger partial charge is 0.374 e. The molecule has 0 bridgehead atoms. The van der Waals surface area contributed by atoms with Crippen LogP contribution >= 0.6 is 11.6 Å². The Labute approximate surface area is 118 Å². The molecule has 5 heteroatoms. The van der Waals surface area contributed by atoms with E-state index in [1.54, 1.807) is 13.0 Å². The predicted molar refractivity (Wildman–Crippen MR) is 77.0 cm³/mol. The van der Waals surface area contributed by atoms with Crippen molar-refractivity contribution >= 4 is 23.2 Å². The molecule has 1 atom stereocenters. The zero-order chi connectivity index (χ0) is 14.6. The molecule has 0 radical (unpaired) electrons. The Bertz CT molecular complexity index is 443. The van der Waals surface area contributed by atoms with Crippen molar-refractivity contribution in [3.8, 4) is 0 Å². The summed E-state index contributed by atoms with van der Waals surface area (Å²) in [5.41, 5.74) is 0.231. The van der Waals surface area contributed by atoms with Gasteiger partial charge >= 0.3 is 0 Å². The summed E-state index contributed by atoms with van der Waals surface area (Å²) >= 11 is 5.76. The summed E-state index contributed by atoms with van der Waals surface area (Å²) in [5, 5.41) is 6.16. The fraction of sp³-hybridized carbons (Fsp3) is 0.500. The van der Waals surface area contributed by atoms with Crippen molar-refractivity contribution in [2.24, 2.45) is 0 Å². The molecule has 0 saturated carbocycles. The SMILES string of the molecule is CCC(C)(C)NC(=O)C(C)Nc1cc(F)cc(Cl)c1. The third-order valence-corrected chi connectivity index (χ3v) is 3.20. The fourth-order valence-corrected chi connectivity index (χ4v) is 1.70. The Morgan fingerprint density at radius 1 is 1.42 bits per heavy atom. The van der Waals surface area contributed by atoms with Crippen molar-refractivity contribution in [3.05, 3.63) is 29.0 Å². The number of benzene rings is 1. The molecule has 0 fully saturated rings. The third kappa shape index (κ3) is 5.07. The second kappa shape index (κ2) is 6.24. The van der Waals surface area contributed by atoms with Gasteiger partial charge in [0.25, 0.3) is 0 Å². The first-order valence-corrected chi connectivity index (χ1v) is 6.66. The number of carbonyl (C=O) groups excluding carboxylic acids is 1. The van der Waals surface area contributed by atoms with Crippen LogP contribution in [0, 0.1) is 5.82 Å². The second-order valence-electron chi connectivity index (χ2n) is 5.25. The van der Waals surface area contributed by atoms with Crippen molar-refractivity contribution < 1.29 is 9.18 Å². The highest BCUT2D eigenvalue weighted by atomic mass is 35.5. The highest BCUT2D eigenvalue weighted by Gasteiger charge is 2.21. The lowest BCUT2D eigenvalue weighted by atomic mass is 10.0. The average Bonchev–Trinajstić information content (AvgIpc) is 2.26. The number of nitrogens with one attached hydrogen (secondary N) is 2. The van der Waals surface area contributed by atoms with Crippen LogP contribution in [0.4, 0.5) is 10.1 Å². The first-order chi connectivity index (χ1) is 8.73. The lowest BCUT2D eigenvalue weighted by Gasteiger charge is -2.27. The summed E-state index contributed by atoms with van der Waals surface area (Å²) in [6.45, 7) is 7.64. The topological polar surface area (TPSA) is 41.1 Å². The molecule has 2 N–H and O–H groups in total. The first kappa shape index (κ1) is 15.8. The summed E-state index contributed by atoms with van der Waals surface area (Å²) in [4.78, 5) is 12.0. The number of hydrogen-bond acceptors (Lipinski definition) is 2. The molecular formula is C14H20ClFN2O. The van der Waals surface area contributed by atoms with Crippen LogP contribution in [0.3, 0.4) is 0 Å². The van der Waals surface area contributed by atoms with Crippen LogP contribution in [0.5, 0.6) is 0 Å². The zero-order valence-corrected chi connectivity index (χ0v) is 12.4. The maximum Gasteiger partial charge on any atom is 0.242 e. The molecule has 0 heterocycles. The summed E-state index contributed by atoms with van der Waals surface area (Å²) in [7, 11) is 0. The summed E-state index contributed by atoms with van der Waals surface area (Å²) in [6.07, 6.45) is 0.831. The Morgan fingerprint density at radius 2 is 2.05 bits per heavy atom. The lowest BCUT2D eigenvalue weighted by Crippen LogP contribution is -2.48. The summed E-state index contributed by atoms with van der Waals surface area (Å²) in [5.74, 6) is -0.566. The van der Waals surface area contributed by atoms with Gasteiger partial charge in [-0.1, -0.05) is 18.5 Å². The molecule has 1 aromatic rings. The summed E-state index contributed by atoms with van der Waals surface area (Å²) in [6, 6.07) is 3.64. The number of hydrogen-bond donors (Lipinski definition) is 2. The molecule has 0 aliphatic carbocycles. The van der Waals surface area contributed by atoms with Gasteiger partial charge in [-0.05, 0) is 45.4 Å². The van der Waals surface area contributed by atoms with Gasteiger partial charge in [-0.25, -0.2) is 4.39 Å². The van der Waals surface area contributed by atoms with E-state index in [0.717, 1.165) is 6.42 Å². The highest BCUT2D eigenvalue weighted by Crippen LogP contribution is 2.19. The van der Waals surface area contributed by atoms with E-state index in [9.17, 15) is 9.18 Å². The minimum atomic E-state index is -0.469. The van der Waals surface area contributed by atoms with Gasteiger partial charge < -0.3 is 10.6 Å². The van der Waals surface area contributed by atoms with Crippen LogP contribution in [0.2, 0.25) is 5.02 Å². The predicted octanol–water partition coefficient (Wildman–Crippen LogP) is 3.58. The molecule has 106 valence electrons. The molecular weight excluding hydrogens is 267 g/mol. The quantitative estimate of drug-likeness (QED) is 0.868. The van der Waals surface area contributed by atoms with Gasteiger partial charge in [0, 0.05) is 16.2 Å². The van der Waals surface area contributed by atoms with Crippen molar-refractivity contribution in [2.45, 2.75) is 45.7 Å². The first-order valence-electron chi connectivity index (χ1n) is 6.28. The van der Waals surface area contributed by atoms with Gasteiger partial charge in [0.1, 0.15) is 11.9 Å². The van der Waals surface area contributed by atoms with E-state index >= 15 is 0 Å². The van der Waals surface area contributed by atoms with Crippen molar-refractivity contribution in [1.29, 1.82) is 0 Å². The van der Waals surface area contributed by atoms with E-state index in [-0.39, 0.29) is 11.4 Å². The number of anilines is 1. The molecule has 3 nitrogen and oxygen atoms in total. The Hall–Kier alpha value is -1.29. The monoisotopic (exact) mass is 286 g/mol. The van der Waals surface area contributed by atoms with E-state index in [0.29, 0.717) is 10.7 Å². The molecule has 0 aliphatic heterocycles. The number of rotatable bonds is 5. The van der Waals surface area contributed by atoms with Gasteiger partial charge in [0.2, 0.25) is 5.91 Å². The van der Waals surface area contributed by atoms with Gasteiger partial charge in [-0.3, -0.25) is 4.79 Å². The number of carbonyl (C=O) groups is 1. The van der Waals surface area contributed by atoms with Crippen LogP contribution in [-0.2, 0) is 4.79 Å². The molecule has 0 saturated heterocycles. The molecule has 19 heavy (non-hydrogen) atoms. The standard InChI is InChI=1S/C14H20ClFN2O/c1-5-14(3,4)18-13(19)9(2)17-12-7-10(15)6-11(16)8-12/h6-9,17H,5H2,1-4H3,(H,18,19). The molecule has 1 amide bonds.